The summed E-state index contributed by atoms with van der Waals surface area (Å²) in [4.78, 5) is 40.8. The van der Waals surface area contributed by atoms with Gasteiger partial charge in [0.1, 0.15) is 17.1 Å². The molecule has 1 saturated carbocycles. The largest absolute Gasteiger partial charge is 0.461 e. The Kier molecular flexibility index (Phi) is 7.00. The number of fused-ring (bicyclic) bond motifs is 1. The van der Waals surface area contributed by atoms with Gasteiger partial charge in [-0.15, -0.1) is 0 Å². The molecule has 1 aromatic heterocycles. The Morgan fingerprint density at radius 2 is 1.85 bits per heavy atom. The molecule has 1 aliphatic heterocycles. The minimum Gasteiger partial charge on any atom is -0.461 e. The Morgan fingerprint density at radius 3 is 2.53 bits per heavy atom. The number of para-hydroxylation sites is 1. The highest BCUT2D eigenvalue weighted by Gasteiger charge is 2.50. The van der Waals surface area contributed by atoms with Gasteiger partial charge in [0.05, 0.1) is 18.8 Å². The quantitative estimate of drug-likeness (QED) is 0.670. The summed E-state index contributed by atoms with van der Waals surface area (Å²) in [6.45, 7) is 3.43. The van der Waals surface area contributed by atoms with E-state index in [-0.39, 0.29) is 42.2 Å². The number of nitrogens with zero attached hydrogens (tertiary/aromatic N) is 3. The zero-order chi connectivity index (χ0) is 24.3. The predicted molar refractivity (Wildman–Crippen MR) is 124 cm³/mol. The summed E-state index contributed by atoms with van der Waals surface area (Å²) in [5, 5.41) is 7.37. The van der Waals surface area contributed by atoms with Crippen molar-refractivity contribution in [1.82, 2.24) is 15.1 Å². The van der Waals surface area contributed by atoms with Crippen molar-refractivity contribution in [3.63, 3.8) is 0 Å². The molecule has 0 bridgehead atoms. The maximum absolute atomic E-state index is 14.9. The van der Waals surface area contributed by atoms with Gasteiger partial charge in [0, 0.05) is 12.1 Å². The first kappa shape index (κ1) is 23.9. The van der Waals surface area contributed by atoms with Crippen molar-refractivity contribution in [2.75, 3.05) is 11.5 Å². The smallest absolute Gasteiger partial charge is 0.358 e. The van der Waals surface area contributed by atoms with Crippen LogP contribution in [0.4, 0.5) is 10.1 Å². The van der Waals surface area contributed by atoms with Gasteiger partial charge < -0.3 is 10.1 Å². The number of hydrogen-bond donors (Lipinski definition) is 1. The maximum Gasteiger partial charge on any atom is 0.358 e. The van der Waals surface area contributed by atoms with E-state index < -0.39 is 23.2 Å². The topological polar surface area (TPSA) is 93.5 Å². The molecule has 2 heterocycles. The lowest BCUT2D eigenvalue weighted by molar-refractivity contribution is -0.127. The minimum absolute atomic E-state index is 0.00342. The molecule has 1 aliphatic carbocycles. The van der Waals surface area contributed by atoms with Crippen molar-refractivity contribution < 1.29 is 23.5 Å². The molecule has 0 saturated heterocycles. The molecule has 1 unspecified atom stereocenters. The van der Waals surface area contributed by atoms with E-state index >= 15 is 0 Å². The Labute approximate surface area is 198 Å². The third-order valence-electron chi connectivity index (χ3n) is 6.66. The molecule has 182 valence electrons. The highest BCUT2D eigenvalue weighted by molar-refractivity contribution is 6.12. The molecular formula is C25H31FN4O4. The number of hydrogen-bond acceptors (Lipinski definition) is 5. The van der Waals surface area contributed by atoms with Gasteiger partial charge >= 0.3 is 5.97 Å². The van der Waals surface area contributed by atoms with E-state index in [1.54, 1.807) is 19.9 Å². The van der Waals surface area contributed by atoms with Crippen LogP contribution < -0.4 is 10.2 Å². The van der Waals surface area contributed by atoms with Gasteiger partial charge in [-0.05, 0) is 38.8 Å². The number of amides is 2. The first-order valence-corrected chi connectivity index (χ1v) is 12.0. The predicted octanol–water partition coefficient (Wildman–Crippen LogP) is 3.85. The highest BCUT2D eigenvalue weighted by atomic mass is 19.1. The number of carbonyl (C=O) groups is 3. The summed E-state index contributed by atoms with van der Waals surface area (Å²) in [7, 11) is 0. The van der Waals surface area contributed by atoms with Crippen molar-refractivity contribution >= 4 is 23.5 Å². The molecule has 1 atom stereocenters. The number of halogens is 1. The molecule has 9 heteroatoms. The molecule has 1 aromatic carbocycles. The average molecular weight is 471 g/mol. The Morgan fingerprint density at radius 1 is 1.18 bits per heavy atom. The normalized spacial score (nSPS) is 21.4. The number of aromatic nitrogens is 2. The van der Waals surface area contributed by atoms with Crippen molar-refractivity contribution in [3.8, 4) is 0 Å². The fourth-order valence-electron chi connectivity index (χ4n) is 4.84. The number of nitrogens with one attached hydrogen (secondary N) is 1. The Bertz CT molecular complexity index is 1080. The number of esters is 1. The molecule has 2 amide bonds. The van der Waals surface area contributed by atoms with Crippen molar-refractivity contribution in [1.29, 1.82) is 0 Å². The van der Waals surface area contributed by atoms with E-state index in [2.05, 4.69) is 10.4 Å². The lowest BCUT2D eigenvalue weighted by Gasteiger charge is -2.43. The monoisotopic (exact) mass is 470 g/mol. The second-order valence-corrected chi connectivity index (χ2v) is 9.17. The lowest BCUT2D eigenvalue weighted by Crippen LogP contribution is -2.65. The van der Waals surface area contributed by atoms with E-state index in [9.17, 15) is 18.8 Å². The van der Waals surface area contributed by atoms with E-state index in [4.69, 9.17) is 4.74 Å². The van der Waals surface area contributed by atoms with Crippen LogP contribution in [0.5, 0.6) is 0 Å². The first-order valence-electron chi connectivity index (χ1n) is 12.0. The van der Waals surface area contributed by atoms with Gasteiger partial charge in [0.25, 0.3) is 5.91 Å². The van der Waals surface area contributed by atoms with Gasteiger partial charge in [0.15, 0.2) is 5.69 Å². The number of anilines is 1. The number of benzene rings is 1. The van der Waals surface area contributed by atoms with Gasteiger partial charge in [-0.2, -0.15) is 5.10 Å². The first-order chi connectivity index (χ1) is 16.3. The molecule has 1 N–H and O–H groups in total. The summed E-state index contributed by atoms with van der Waals surface area (Å²) in [5.74, 6) is -2.24. The molecule has 8 nitrogen and oxygen atoms in total. The van der Waals surface area contributed by atoms with E-state index in [1.165, 1.54) is 40.3 Å². The number of rotatable bonds is 5. The molecular weight excluding hydrogens is 439 g/mol. The zero-order valence-corrected chi connectivity index (χ0v) is 19.7. The standard InChI is InChI=1S/C25H31FN4O4/c1-3-34-23(32)19-15-21-22(31)30(20-14-10-9-13-18(20)26)25(2,16-29(21)28-19)24(33)27-17-11-7-5-4-6-8-12-17/h9-10,13-15,17H,3-8,11-12,16H2,1-2H3,(H,27,33). The molecule has 1 fully saturated rings. The van der Waals surface area contributed by atoms with Crippen LogP contribution in [0.25, 0.3) is 0 Å². The molecule has 0 radical (unpaired) electrons. The van der Waals surface area contributed by atoms with Crippen LogP contribution >= 0.6 is 0 Å². The van der Waals surface area contributed by atoms with Gasteiger partial charge in [-0.25, -0.2) is 9.18 Å². The van der Waals surface area contributed by atoms with Crippen LogP contribution in [-0.4, -0.2) is 45.8 Å². The van der Waals surface area contributed by atoms with Crippen molar-refractivity contribution in [2.24, 2.45) is 0 Å². The third kappa shape index (κ3) is 4.56. The van der Waals surface area contributed by atoms with E-state index in [0.29, 0.717) is 0 Å². The summed E-state index contributed by atoms with van der Waals surface area (Å²) >= 11 is 0. The highest BCUT2D eigenvalue weighted by Crippen LogP contribution is 2.34. The molecule has 4 rings (SSSR count). The fraction of sp³-hybridized carbons (Fsp3) is 0.520. The van der Waals surface area contributed by atoms with Crippen molar-refractivity contribution in [2.45, 2.75) is 76.9 Å². The van der Waals surface area contributed by atoms with Crippen LogP contribution in [0, 0.1) is 5.82 Å². The summed E-state index contributed by atoms with van der Waals surface area (Å²) in [5.41, 5.74) is -1.37. The number of ether oxygens (including phenoxy) is 1. The number of carbonyl (C=O) groups excluding carboxylic acids is 3. The van der Waals surface area contributed by atoms with E-state index in [1.807, 2.05) is 0 Å². The molecule has 2 aliphatic rings. The van der Waals surface area contributed by atoms with E-state index in [0.717, 1.165) is 38.5 Å². The molecule has 34 heavy (non-hydrogen) atoms. The van der Waals surface area contributed by atoms with Crippen LogP contribution in [0.1, 0.15) is 79.8 Å². The molecule has 2 aromatic rings. The third-order valence-corrected chi connectivity index (χ3v) is 6.66. The average Bonchev–Trinajstić information content (AvgIpc) is 3.21. The molecule has 0 spiro atoms. The van der Waals surface area contributed by atoms with Crippen LogP contribution in [0.15, 0.2) is 30.3 Å². The SMILES string of the molecule is CCOC(=O)c1cc2n(n1)CC(C)(C(=O)NC1CCCCCCC1)N(c1ccccc1F)C2=O. The minimum atomic E-state index is -1.45. The zero-order valence-electron chi connectivity index (χ0n) is 19.7. The fourth-order valence-corrected chi connectivity index (χ4v) is 4.84. The van der Waals surface area contributed by atoms with Gasteiger partial charge in [-0.3, -0.25) is 19.2 Å². The summed E-state index contributed by atoms with van der Waals surface area (Å²) in [6.07, 6.45) is 7.28. The van der Waals surface area contributed by atoms with Crippen LogP contribution in [-0.2, 0) is 16.1 Å². The Balaban J connectivity index is 1.72. The Hall–Kier alpha value is -3.23. The second kappa shape index (κ2) is 9.95. The van der Waals surface area contributed by atoms with Crippen molar-refractivity contribution in [3.05, 3.63) is 47.5 Å². The summed E-state index contributed by atoms with van der Waals surface area (Å²) in [6, 6.07) is 7.21. The van der Waals surface area contributed by atoms with Crippen LogP contribution in [0.2, 0.25) is 0 Å². The second-order valence-electron chi connectivity index (χ2n) is 9.17. The summed E-state index contributed by atoms with van der Waals surface area (Å²) < 4.78 is 21.3. The van der Waals surface area contributed by atoms with Crippen LogP contribution in [0.3, 0.4) is 0 Å². The lowest BCUT2D eigenvalue weighted by atomic mass is 9.91. The van der Waals surface area contributed by atoms with Gasteiger partial charge in [-0.1, -0.05) is 44.2 Å². The van der Waals surface area contributed by atoms with Gasteiger partial charge in [0.2, 0.25) is 5.91 Å². The maximum atomic E-state index is 14.9.